The molecule has 2 heteroatoms. The Labute approximate surface area is 97.6 Å². The van der Waals surface area contributed by atoms with Gasteiger partial charge in [-0.3, -0.25) is 0 Å². The smallest absolute Gasteiger partial charge is 0.164 e. The molecule has 0 radical (unpaired) electrons. The van der Waals surface area contributed by atoms with E-state index in [0.717, 1.165) is 30.4 Å². The van der Waals surface area contributed by atoms with Crippen molar-refractivity contribution >= 4 is 6.08 Å². The van der Waals surface area contributed by atoms with Gasteiger partial charge in [0.2, 0.25) is 0 Å². The fourth-order valence-electron chi connectivity index (χ4n) is 1.81. The van der Waals surface area contributed by atoms with Crippen LogP contribution in [0.2, 0.25) is 0 Å². The van der Waals surface area contributed by atoms with Crippen LogP contribution in [0.15, 0.2) is 18.2 Å². The van der Waals surface area contributed by atoms with Crippen LogP contribution in [0.1, 0.15) is 37.8 Å². The van der Waals surface area contributed by atoms with Gasteiger partial charge in [0.25, 0.3) is 0 Å². The first-order chi connectivity index (χ1) is 7.74. The maximum atomic E-state index is 9.73. The van der Waals surface area contributed by atoms with Crippen LogP contribution in [-0.4, -0.2) is 12.2 Å². The third kappa shape index (κ3) is 2.78. The highest BCUT2D eigenvalue weighted by atomic mass is 16.5. The molecule has 0 aliphatic rings. The number of methoxy groups -OCH3 is 1. The second-order valence-corrected chi connectivity index (χ2v) is 3.79. The summed E-state index contributed by atoms with van der Waals surface area (Å²) in [5.41, 5.74) is 2.23. The molecule has 1 rings (SSSR count). The molecule has 2 nitrogen and oxygen atoms in total. The fraction of sp³-hybridized carbons (Fsp3) is 0.429. The second-order valence-electron chi connectivity index (χ2n) is 3.79. The van der Waals surface area contributed by atoms with Gasteiger partial charge in [0.15, 0.2) is 11.5 Å². The quantitative estimate of drug-likeness (QED) is 0.818. The standard InChI is InChI=1S/C14H20O2/c1-4-6-8-12-11(7-5-2)9-10-13(15)14(12)16-3/h5,7,9-10,15H,4,6,8H2,1-3H3. The molecule has 16 heavy (non-hydrogen) atoms. The molecular formula is C14H20O2. The van der Waals surface area contributed by atoms with Crippen molar-refractivity contribution in [2.45, 2.75) is 33.1 Å². The number of ether oxygens (including phenoxy) is 1. The third-order valence-corrected chi connectivity index (χ3v) is 2.61. The van der Waals surface area contributed by atoms with E-state index in [-0.39, 0.29) is 5.75 Å². The number of hydrogen-bond acceptors (Lipinski definition) is 2. The first kappa shape index (κ1) is 12.6. The molecule has 0 heterocycles. The molecule has 0 atom stereocenters. The summed E-state index contributed by atoms with van der Waals surface area (Å²) >= 11 is 0. The molecule has 0 aromatic heterocycles. The van der Waals surface area contributed by atoms with Crippen molar-refractivity contribution < 1.29 is 9.84 Å². The lowest BCUT2D eigenvalue weighted by Gasteiger charge is -2.13. The van der Waals surface area contributed by atoms with Gasteiger partial charge < -0.3 is 9.84 Å². The van der Waals surface area contributed by atoms with Crippen LogP contribution in [0.25, 0.3) is 6.08 Å². The monoisotopic (exact) mass is 220 g/mol. The molecule has 0 unspecified atom stereocenters. The molecule has 0 bridgehead atoms. The summed E-state index contributed by atoms with van der Waals surface area (Å²) in [4.78, 5) is 0. The summed E-state index contributed by atoms with van der Waals surface area (Å²) in [6, 6.07) is 3.62. The van der Waals surface area contributed by atoms with Gasteiger partial charge in [-0.25, -0.2) is 0 Å². The Bertz CT molecular complexity index is 367. The highest BCUT2D eigenvalue weighted by molar-refractivity contribution is 5.61. The fourth-order valence-corrected chi connectivity index (χ4v) is 1.81. The number of unbranched alkanes of at least 4 members (excludes halogenated alkanes) is 1. The van der Waals surface area contributed by atoms with Crippen molar-refractivity contribution in [2.75, 3.05) is 7.11 Å². The van der Waals surface area contributed by atoms with E-state index < -0.39 is 0 Å². The van der Waals surface area contributed by atoms with Gasteiger partial charge in [0.05, 0.1) is 7.11 Å². The van der Waals surface area contributed by atoms with Crippen LogP contribution in [-0.2, 0) is 6.42 Å². The number of aromatic hydroxyl groups is 1. The maximum Gasteiger partial charge on any atom is 0.164 e. The normalized spacial score (nSPS) is 10.9. The average Bonchev–Trinajstić information content (AvgIpc) is 2.29. The van der Waals surface area contributed by atoms with E-state index in [2.05, 4.69) is 6.92 Å². The summed E-state index contributed by atoms with van der Waals surface area (Å²) in [6.45, 7) is 4.15. The molecule has 1 N–H and O–H groups in total. The molecule has 0 aliphatic carbocycles. The van der Waals surface area contributed by atoms with Crippen LogP contribution in [0, 0.1) is 0 Å². The van der Waals surface area contributed by atoms with Crippen molar-refractivity contribution in [2.24, 2.45) is 0 Å². The van der Waals surface area contributed by atoms with Gasteiger partial charge in [-0.15, -0.1) is 0 Å². The predicted molar refractivity (Wildman–Crippen MR) is 68.0 cm³/mol. The first-order valence-corrected chi connectivity index (χ1v) is 5.76. The highest BCUT2D eigenvalue weighted by Gasteiger charge is 2.11. The van der Waals surface area contributed by atoms with Gasteiger partial charge in [-0.2, -0.15) is 0 Å². The number of allylic oxidation sites excluding steroid dienone is 1. The van der Waals surface area contributed by atoms with Crippen molar-refractivity contribution in [3.05, 3.63) is 29.3 Å². The average molecular weight is 220 g/mol. The van der Waals surface area contributed by atoms with E-state index in [1.807, 2.05) is 25.1 Å². The van der Waals surface area contributed by atoms with Gasteiger partial charge in [-0.1, -0.05) is 31.6 Å². The Morgan fingerprint density at radius 2 is 2.12 bits per heavy atom. The lowest BCUT2D eigenvalue weighted by molar-refractivity contribution is 0.368. The molecular weight excluding hydrogens is 200 g/mol. The summed E-state index contributed by atoms with van der Waals surface area (Å²) in [7, 11) is 1.60. The zero-order valence-corrected chi connectivity index (χ0v) is 10.3. The van der Waals surface area contributed by atoms with Crippen molar-refractivity contribution in [1.82, 2.24) is 0 Å². The van der Waals surface area contributed by atoms with E-state index in [0.29, 0.717) is 5.75 Å². The van der Waals surface area contributed by atoms with E-state index in [1.54, 1.807) is 13.2 Å². The summed E-state index contributed by atoms with van der Waals surface area (Å²) < 4.78 is 5.28. The minimum absolute atomic E-state index is 0.224. The Kier molecular flexibility index (Phi) is 4.90. The lowest BCUT2D eigenvalue weighted by Crippen LogP contribution is -1.96. The SMILES string of the molecule is CC=Cc1ccc(O)c(OC)c1CCCC. The Balaban J connectivity index is 3.17. The second kappa shape index (κ2) is 6.21. The minimum Gasteiger partial charge on any atom is -0.504 e. The Morgan fingerprint density at radius 3 is 2.69 bits per heavy atom. The minimum atomic E-state index is 0.224. The Morgan fingerprint density at radius 1 is 1.38 bits per heavy atom. The number of phenolic OH excluding ortho intramolecular Hbond substituents is 1. The third-order valence-electron chi connectivity index (χ3n) is 2.61. The predicted octanol–water partition coefficient (Wildman–Crippen LogP) is 3.78. The maximum absolute atomic E-state index is 9.73. The molecule has 0 saturated heterocycles. The van der Waals surface area contributed by atoms with Gasteiger partial charge >= 0.3 is 0 Å². The lowest BCUT2D eigenvalue weighted by atomic mass is 10.00. The topological polar surface area (TPSA) is 29.5 Å². The number of phenols is 1. The first-order valence-electron chi connectivity index (χ1n) is 5.76. The molecule has 1 aromatic rings. The van der Waals surface area contributed by atoms with Crippen molar-refractivity contribution in [1.29, 1.82) is 0 Å². The van der Waals surface area contributed by atoms with Crippen molar-refractivity contribution in [3.8, 4) is 11.5 Å². The Hall–Kier alpha value is -1.44. The molecule has 0 aliphatic heterocycles. The molecule has 0 saturated carbocycles. The van der Waals surface area contributed by atoms with Crippen LogP contribution in [0.5, 0.6) is 11.5 Å². The van der Waals surface area contributed by atoms with Gasteiger partial charge in [0.1, 0.15) is 0 Å². The summed E-state index contributed by atoms with van der Waals surface area (Å²) in [6.07, 6.45) is 7.22. The van der Waals surface area contributed by atoms with Gasteiger partial charge in [-0.05, 0) is 31.4 Å². The molecule has 0 fully saturated rings. The molecule has 88 valence electrons. The zero-order valence-electron chi connectivity index (χ0n) is 10.3. The summed E-state index contributed by atoms with van der Waals surface area (Å²) in [5.74, 6) is 0.839. The van der Waals surface area contributed by atoms with E-state index in [4.69, 9.17) is 4.74 Å². The molecule has 1 aromatic carbocycles. The van der Waals surface area contributed by atoms with Crippen LogP contribution in [0.4, 0.5) is 0 Å². The number of rotatable bonds is 5. The zero-order chi connectivity index (χ0) is 12.0. The van der Waals surface area contributed by atoms with Gasteiger partial charge in [0, 0.05) is 5.56 Å². The van der Waals surface area contributed by atoms with Crippen molar-refractivity contribution in [3.63, 3.8) is 0 Å². The molecule has 0 spiro atoms. The van der Waals surface area contributed by atoms with E-state index in [9.17, 15) is 5.11 Å². The highest BCUT2D eigenvalue weighted by Crippen LogP contribution is 2.34. The summed E-state index contributed by atoms with van der Waals surface area (Å²) in [5, 5.41) is 9.73. The van der Waals surface area contributed by atoms with Crippen LogP contribution in [0.3, 0.4) is 0 Å². The van der Waals surface area contributed by atoms with Crippen LogP contribution >= 0.6 is 0 Å². The van der Waals surface area contributed by atoms with E-state index in [1.165, 1.54) is 0 Å². The number of hydrogen-bond donors (Lipinski definition) is 1. The molecule has 0 amide bonds. The largest absolute Gasteiger partial charge is 0.504 e. The van der Waals surface area contributed by atoms with Crippen LogP contribution < -0.4 is 4.74 Å². The van der Waals surface area contributed by atoms with E-state index >= 15 is 0 Å². The number of benzene rings is 1.